The van der Waals surface area contributed by atoms with Gasteiger partial charge in [-0.1, -0.05) is 54.5 Å². The molecule has 0 spiro atoms. The summed E-state index contributed by atoms with van der Waals surface area (Å²) in [7, 11) is 1.71. The first-order valence-electron chi connectivity index (χ1n) is 10.8. The number of carbonyl (C=O) groups excluding carboxylic acids is 2. The Bertz CT molecular complexity index is 1090. The van der Waals surface area contributed by atoms with Gasteiger partial charge in [-0.25, -0.2) is 4.79 Å². The highest BCUT2D eigenvalue weighted by molar-refractivity contribution is 5.94. The van der Waals surface area contributed by atoms with Crippen LogP contribution in [0.1, 0.15) is 17.0 Å². The smallest absolute Gasteiger partial charge is 0.407 e. The number of fused-ring (bicyclic) bond motifs is 3. The first-order valence-corrected chi connectivity index (χ1v) is 10.8. The highest BCUT2D eigenvalue weighted by atomic mass is 16.5. The molecule has 8 nitrogen and oxygen atoms in total. The second-order valence-electron chi connectivity index (χ2n) is 8.07. The SMILES string of the molecule is CN1CCN(C(=O)C#CCNC(=O)OCC2c3ccccc3-c3ccccc32)CC1C(=O)O. The molecule has 1 aliphatic carbocycles. The highest BCUT2D eigenvalue weighted by Gasteiger charge is 2.31. The molecule has 1 saturated heterocycles. The second kappa shape index (κ2) is 9.76. The Hall–Kier alpha value is -3.83. The van der Waals surface area contributed by atoms with E-state index < -0.39 is 24.0 Å². The summed E-state index contributed by atoms with van der Waals surface area (Å²) in [4.78, 5) is 38.8. The van der Waals surface area contributed by atoms with Gasteiger partial charge in [-0.3, -0.25) is 14.5 Å². The Morgan fingerprint density at radius 1 is 1.06 bits per heavy atom. The third kappa shape index (κ3) is 4.83. The minimum atomic E-state index is -0.972. The Kier molecular flexibility index (Phi) is 6.61. The van der Waals surface area contributed by atoms with Crippen LogP contribution in [0.15, 0.2) is 48.5 Å². The minimum absolute atomic E-state index is 0.0322. The number of ether oxygens (including phenoxy) is 1. The van der Waals surface area contributed by atoms with Crippen LogP contribution >= 0.6 is 0 Å². The molecule has 1 heterocycles. The molecule has 8 heteroatoms. The van der Waals surface area contributed by atoms with Crippen molar-refractivity contribution in [1.82, 2.24) is 15.1 Å². The average molecular weight is 447 g/mol. The number of hydrogen-bond donors (Lipinski definition) is 2. The van der Waals surface area contributed by atoms with Gasteiger partial charge in [-0.05, 0) is 35.2 Å². The number of nitrogens with zero attached hydrogens (tertiary/aromatic N) is 2. The number of nitrogens with one attached hydrogen (secondary N) is 1. The number of amides is 2. The Balaban J connectivity index is 1.27. The lowest BCUT2D eigenvalue weighted by molar-refractivity contribution is -0.146. The monoisotopic (exact) mass is 447 g/mol. The van der Waals surface area contributed by atoms with E-state index in [4.69, 9.17) is 4.74 Å². The number of carboxylic acids is 1. The summed E-state index contributed by atoms with van der Waals surface area (Å²) >= 11 is 0. The number of likely N-dealkylation sites (N-methyl/N-ethyl adjacent to an activating group) is 1. The molecular weight excluding hydrogens is 422 g/mol. The van der Waals surface area contributed by atoms with Crippen LogP contribution in [0.2, 0.25) is 0 Å². The summed E-state index contributed by atoms with van der Waals surface area (Å²) in [5, 5.41) is 11.8. The Morgan fingerprint density at radius 2 is 1.70 bits per heavy atom. The zero-order valence-electron chi connectivity index (χ0n) is 18.3. The molecule has 2 N–H and O–H groups in total. The number of hydrogen-bond acceptors (Lipinski definition) is 5. The molecule has 170 valence electrons. The predicted octanol–water partition coefficient (Wildman–Crippen LogP) is 1.76. The molecule has 1 aliphatic heterocycles. The number of benzene rings is 2. The molecule has 2 aromatic rings. The van der Waals surface area contributed by atoms with Gasteiger partial charge in [0.05, 0.1) is 6.54 Å². The normalized spacial score (nSPS) is 17.4. The van der Waals surface area contributed by atoms with Gasteiger partial charge >= 0.3 is 12.1 Å². The van der Waals surface area contributed by atoms with Gasteiger partial charge in [0.15, 0.2) is 0 Å². The van der Waals surface area contributed by atoms with Gasteiger partial charge in [-0.15, -0.1) is 0 Å². The fourth-order valence-electron chi connectivity index (χ4n) is 4.29. The fraction of sp³-hybridized carbons (Fsp3) is 0.320. The summed E-state index contributed by atoms with van der Waals surface area (Å²) in [6.45, 7) is 1.11. The van der Waals surface area contributed by atoms with E-state index in [0.29, 0.717) is 13.1 Å². The summed E-state index contributed by atoms with van der Waals surface area (Å²) in [5.41, 5.74) is 4.56. The van der Waals surface area contributed by atoms with Crippen molar-refractivity contribution in [2.24, 2.45) is 0 Å². The molecule has 0 radical (unpaired) electrons. The third-order valence-corrected chi connectivity index (χ3v) is 6.08. The summed E-state index contributed by atoms with van der Waals surface area (Å²) in [6.07, 6.45) is -0.607. The van der Waals surface area contributed by atoms with E-state index in [1.54, 1.807) is 11.9 Å². The van der Waals surface area contributed by atoms with Gasteiger partial charge < -0.3 is 20.1 Å². The van der Waals surface area contributed by atoms with Crippen LogP contribution in [-0.2, 0) is 14.3 Å². The Morgan fingerprint density at radius 3 is 2.33 bits per heavy atom. The van der Waals surface area contributed by atoms with Crippen molar-refractivity contribution >= 4 is 18.0 Å². The highest BCUT2D eigenvalue weighted by Crippen LogP contribution is 2.44. The number of carboxylic acid groups (broad SMARTS) is 1. The molecule has 1 fully saturated rings. The zero-order chi connectivity index (χ0) is 23.4. The van der Waals surface area contributed by atoms with E-state index >= 15 is 0 Å². The first kappa shape index (κ1) is 22.4. The van der Waals surface area contributed by atoms with E-state index in [2.05, 4.69) is 29.3 Å². The number of aliphatic carboxylic acids is 1. The van der Waals surface area contributed by atoms with Gasteiger partial charge in [0, 0.05) is 25.6 Å². The molecule has 0 saturated carbocycles. The standard InChI is InChI=1S/C25H25N3O5/c1-27-13-14-28(15-22(27)24(30)31)23(29)11-6-12-26-25(32)33-16-21-19-9-4-2-7-17(19)18-8-3-5-10-20(18)21/h2-5,7-10,21-22H,12-16H2,1H3,(H,26,32)(H,30,31). The molecule has 2 amide bonds. The summed E-state index contributed by atoms with van der Waals surface area (Å²) in [6, 6.07) is 15.4. The van der Waals surface area contributed by atoms with Gasteiger partial charge in [0.2, 0.25) is 0 Å². The number of carbonyl (C=O) groups is 3. The third-order valence-electron chi connectivity index (χ3n) is 6.08. The molecule has 33 heavy (non-hydrogen) atoms. The Labute approximate surface area is 192 Å². The zero-order valence-corrected chi connectivity index (χ0v) is 18.3. The fourth-order valence-corrected chi connectivity index (χ4v) is 4.29. The van der Waals surface area contributed by atoms with Crippen molar-refractivity contribution in [2.75, 3.05) is 39.8 Å². The van der Waals surface area contributed by atoms with Crippen LogP contribution in [0.25, 0.3) is 11.1 Å². The number of piperazine rings is 1. The van der Waals surface area contributed by atoms with Crippen LogP contribution in [0.5, 0.6) is 0 Å². The maximum atomic E-state index is 12.2. The van der Waals surface area contributed by atoms with E-state index in [9.17, 15) is 19.5 Å². The molecule has 1 unspecified atom stereocenters. The van der Waals surface area contributed by atoms with Crippen LogP contribution in [0.3, 0.4) is 0 Å². The maximum absolute atomic E-state index is 12.2. The van der Waals surface area contributed by atoms with Crippen LogP contribution < -0.4 is 5.32 Å². The minimum Gasteiger partial charge on any atom is -0.480 e. The van der Waals surface area contributed by atoms with E-state index in [1.807, 2.05) is 36.4 Å². The lowest BCUT2D eigenvalue weighted by Crippen LogP contribution is -2.56. The van der Waals surface area contributed by atoms with Crippen LogP contribution in [0, 0.1) is 11.8 Å². The second-order valence-corrected chi connectivity index (χ2v) is 8.07. The van der Waals surface area contributed by atoms with Gasteiger partial charge in [0.1, 0.15) is 12.6 Å². The van der Waals surface area contributed by atoms with Crippen molar-refractivity contribution in [3.8, 4) is 23.0 Å². The van der Waals surface area contributed by atoms with Crippen LogP contribution in [0.4, 0.5) is 4.79 Å². The largest absolute Gasteiger partial charge is 0.480 e. The molecule has 2 aromatic carbocycles. The number of alkyl carbamates (subject to hydrolysis) is 1. The van der Waals surface area contributed by atoms with Crippen molar-refractivity contribution in [3.05, 3.63) is 59.7 Å². The van der Waals surface area contributed by atoms with Gasteiger partial charge in [0.25, 0.3) is 5.91 Å². The van der Waals surface area contributed by atoms with Crippen molar-refractivity contribution in [3.63, 3.8) is 0 Å². The molecule has 0 aromatic heterocycles. The quantitative estimate of drug-likeness (QED) is 0.693. The topological polar surface area (TPSA) is 99.2 Å². The van der Waals surface area contributed by atoms with Crippen molar-refractivity contribution in [1.29, 1.82) is 0 Å². The maximum Gasteiger partial charge on any atom is 0.407 e. The van der Waals surface area contributed by atoms with E-state index in [1.165, 1.54) is 4.90 Å². The van der Waals surface area contributed by atoms with E-state index in [-0.39, 0.29) is 25.6 Å². The van der Waals surface area contributed by atoms with Crippen molar-refractivity contribution in [2.45, 2.75) is 12.0 Å². The predicted molar refractivity (Wildman–Crippen MR) is 121 cm³/mol. The molecule has 0 bridgehead atoms. The number of rotatable bonds is 4. The lowest BCUT2D eigenvalue weighted by Gasteiger charge is -2.36. The lowest BCUT2D eigenvalue weighted by atomic mass is 9.98. The molecule has 1 atom stereocenters. The molecular formula is C25H25N3O5. The summed E-state index contributed by atoms with van der Waals surface area (Å²) < 4.78 is 5.43. The van der Waals surface area contributed by atoms with Gasteiger partial charge in [-0.2, -0.15) is 0 Å². The first-order chi connectivity index (χ1) is 16.0. The molecule has 2 aliphatic rings. The van der Waals surface area contributed by atoms with E-state index in [0.717, 1.165) is 22.3 Å². The summed E-state index contributed by atoms with van der Waals surface area (Å²) in [5.74, 6) is 3.61. The average Bonchev–Trinajstić information content (AvgIpc) is 3.14. The van der Waals surface area contributed by atoms with Crippen LogP contribution in [-0.4, -0.2) is 78.8 Å². The van der Waals surface area contributed by atoms with Crippen molar-refractivity contribution < 1.29 is 24.2 Å². The molecule has 4 rings (SSSR count).